The van der Waals surface area contributed by atoms with E-state index in [9.17, 15) is 4.79 Å². The second-order valence-electron chi connectivity index (χ2n) is 8.05. The zero-order chi connectivity index (χ0) is 22.1. The summed E-state index contributed by atoms with van der Waals surface area (Å²) in [7, 11) is 0. The van der Waals surface area contributed by atoms with E-state index in [1.165, 1.54) is 0 Å². The molecule has 0 aliphatic rings. The SMILES string of the molecule is Cc1cc(C)c2nc(-c3cccc(Cl)c3)c(C)c(C(=O)N[C@@H](C)c3ccccc3)c2c1. The number of fused-ring (bicyclic) bond motifs is 1. The molecule has 0 saturated carbocycles. The van der Waals surface area contributed by atoms with E-state index in [1.54, 1.807) is 0 Å². The summed E-state index contributed by atoms with van der Waals surface area (Å²) >= 11 is 6.25. The smallest absolute Gasteiger partial charge is 0.252 e. The van der Waals surface area contributed by atoms with E-state index in [-0.39, 0.29) is 11.9 Å². The fraction of sp³-hybridized carbons (Fsp3) is 0.185. The molecule has 1 atom stereocenters. The lowest BCUT2D eigenvalue weighted by Crippen LogP contribution is -2.28. The zero-order valence-corrected chi connectivity index (χ0v) is 18.9. The maximum absolute atomic E-state index is 13.6. The van der Waals surface area contributed by atoms with Crippen LogP contribution in [0.15, 0.2) is 66.7 Å². The topological polar surface area (TPSA) is 42.0 Å². The molecule has 1 aromatic heterocycles. The molecule has 1 heterocycles. The largest absolute Gasteiger partial charge is 0.345 e. The van der Waals surface area contributed by atoms with Gasteiger partial charge >= 0.3 is 0 Å². The summed E-state index contributed by atoms with van der Waals surface area (Å²) in [6.45, 7) is 8.04. The first-order chi connectivity index (χ1) is 14.8. The number of aromatic nitrogens is 1. The van der Waals surface area contributed by atoms with Gasteiger partial charge in [-0.05, 0) is 62.6 Å². The van der Waals surface area contributed by atoms with Crippen LogP contribution in [0.1, 0.15) is 45.6 Å². The van der Waals surface area contributed by atoms with Crippen molar-refractivity contribution in [2.75, 3.05) is 0 Å². The van der Waals surface area contributed by atoms with Gasteiger partial charge in [-0.15, -0.1) is 0 Å². The van der Waals surface area contributed by atoms with Crippen LogP contribution < -0.4 is 5.32 Å². The van der Waals surface area contributed by atoms with Crippen molar-refractivity contribution < 1.29 is 4.79 Å². The number of aryl methyl sites for hydroxylation is 2. The number of amides is 1. The molecule has 4 heteroatoms. The number of pyridine rings is 1. The fourth-order valence-electron chi connectivity index (χ4n) is 4.12. The van der Waals surface area contributed by atoms with Crippen LogP contribution in [0.25, 0.3) is 22.2 Å². The van der Waals surface area contributed by atoms with Crippen LogP contribution in [0.3, 0.4) is 0 Å². The van der Waals surface area contributed by atoms with Crippen molar-refractivity contribution in [1.29, 1.82) is 0 Å². The molecule has 0 unspecified atom stereocenters. The van der Waals surface area contributed by atoms with Gasteiger partial charge in [0.05, 0.1) is 22.8 Å². The van der Waals surface area contributed by atoms with Crippen molar-refractivity contribution in [3.63, 3.8) is 0 Å². The Morgan fingerprint density at radius 2 is 1.71 bits per heavy atom. The van der Waals surface area contributed by atoms with Gasteiger partial charge in [0.1, 0.15) is 0 Å². The monoisotopic (exact) mass is 428 g/mol. The van der Waals surface area contributed by atoms with Gasteiger partial charge in [-0.1, -0.05) is 65.7 Å². The third-order valence-electron chi connectivity index (χ3n) is 5.64. The summed E-state index contributed by atoms with van der Waals surface area (Å²) in [6.07, 6.45) is 0. The standard InChI is InChI=1S/C27H25ClN2O/c1-16-13-17(2)25-23(14-16)24(27(31)29-19(4)20-9-6-5-7-10-20)18(3)26(30-25)21-11-8-12-22(28)15-21/h5-15,19H,1-4H3,(H,29,31)/t19-/m0/s1. The average Bonchev–Trinajstić information content (AvgIpc) is 2.73. The van der Waals surface area contributed by atoms with Crippen LogP contribution in [0, 0.1) is 20.8 Å². The van der Waals surface area contributed by atoms with Crippen LogP contribution in [0.4, 0.5) is 0 Å². The predicted molar refractivity (Wildman–Crippen MR) is 129 cm³/mol. The minimum atomic E-state index is -0.114. The number of halogens is 1. The number of hydrogen-bond acceptors (Lipinski definition) is 2. The normalized spacial score (nSPS) is 12.0. The maximum atomic E-state index is 13.6. The van der Waals surface area contributed by atoms with E-state index < -0.39 is 0 Å². The summed E-state index contributed by atoms with van der Waals surface area (Å²) in [5, 5.41) is 4.70. The summed E-state index contributed by atoms with van der Waals surface area (Å²) in [5.41, 5.74) is 7.23. The average molecular weight is 429 g/mol. The number of benzene rings is 3. The predicted octanol–water partition coefficient (Wildman–Crippen LogP) is 6.97. The summed E-state index contributed by atoms with van der Waals surface area (Å²) < 4.78 is 0. The number of carbonyl (C=O) groups is 1. The molecular weight excluding hydrogens is 404 g/mol. The first-order valence-corrected chi connectivity index (χ1v) is 10.8. The second-order valence-corrected chi connectivity index (χ2v) is 8.49. The van der Waals surface area contributed by atoms with E-state index >= 15 is 0 Å². The molecule has 4 rings (SSSR count). The molecule has 4 aromatic rings. The molecule has 0 saturated heterocycles. The molecule has 0 aliphatic carbocycles. The third-order valence-corrected chi connectivity index (χ3v) is 5.88. The maximum Gasteiger partial charge on any atom is 0.252 e. The molecule has 3 aromatic carbocycles. The molecule has 0 fully saturated rings. The lowest BCUT2D eigenvalue weighted by molar-refractivity contribution is 0.0941. The molecular formula is C27H25ClN2O. The molecule has 0 spiro atoms. The van der Waals surface area contributed by atoms with Gasteiger partial charge in [-0.25, -0.2) is 4.98 Å². The van der Waals surface area contributed by atoms with Gasteiger partial charge in [0.2, 0.25) is 0 Å². The van der Waals surface area contributed by atoms with Crippen LogP contribution in [-0.4, -0.2) is 10.9 Å². The van der Waals surface area contributed by atoms with E-state index in [4.69, 9.17) is 16.6 Å². The van der Waals surface area contributed by atoms with E-state index in [0.29, 0.717) is 10.6 Å². The molecule has 1 amide bonds. The van der Waals surface area contributed by atoms with Gasteiger partial charge in [-0.2, -0.15) is 0 Å². The van der Waals surface area contributed by atoms with Crippen LogP contribution in [0.5, 0.6) is 0 Å². The Hall–Kier alpha value is -3.17. The highest BCUT2D eigenvalue weighted by Crippen LogP contribution is 2.33. The Morgan fingerprint density at radius 1 is 0.968 bits per heavy atom. The van der Waals surface area contributed by atoms with Crippen molar-refractivity contribution in [3.05, 3.63) is 99.6 Å². The minimum Gasteiger partial charge on any atom is -0.345 e. The molecule has 156 valence electrons. The van der Waals surface area contributed by atoms with Crippen LogP contribution in [0.2, 0.25) is 5.02 Å². The van der Waals surface area contributed by atoms with Gasteiger partial charge in [0.25, 0.3) is 5.91 Å². The fourth-order valence-corrected chi connectivity index (χ4v) is 4.31. The quantitative estimate of drug-likeness (QED) is 0.381. The molecule has 0 bridgehead atoms. The van der Waals surface area contributed by atoms with Crippen molar-refractivity contribution in [3.8, 4) is 11.3 Å². The Morgan fingerprint density at radius 3 is 2.42 bits per heavy atom. The number of nitrogens with zero attached hydrogens (tertiary/aromatic N) is 1. The highest BCUT2D eigenvalue weighted by Gasteiger charge is 2.21. The Bertz CT molecular complexity index is 1280. The first-order valence-electron chi connectivity index (χ1n) is 10.4. The van der Waals surface area contributed by atoms with E-state index in [0.717, 1.165) is 44.4 Å². The summed E-state index contributed by atoms with van der Waals surface area (Å²) in [4.78, 5) is 18.5. The van der Waals surface area contributed by atoms with Gasteiger partial charge in [-0.3, -0.25) is 4.79 Å². The number of hydrogen-bond donors (Lipinski definition) is 1. The highest BCUT2D eigenvalue weighted by atomic mass is 35.5. The van der Waals surface area contributed by atoms with Crippen LogP contribution >= 0.6 is 11.6 Å². The molecule has 3 nitrogen and oxygen atoms in total. The van der Waals surface area contributed by atoms with Crippen molar-refractivity contribution in [2.24, 2.45) is 0 Å². The van der Waals surface area contributed by atoms with Crippen molar-refractivity contribution in [2.45, 2.75) is 33.7 Å². The van der Waals surface area contributed by atoms with Gasteiger partial charge < -0.3 is 5.32 Å². The second kappa shape index (κ2) is 8.52. The van der Waals surface area contributed by atoms with Crippen molar-refractivity contribution >= 4 is 28.4 Å². The molecule has 0 aliphatic heterocycles. The Balaban J connectivity index is 1.90. The van der Waals surface area contributed by atoms with E-state index in [1.807, 2.05) is 88.4 Å². The number of rotatable bonds is 4. The van der Waals surface area contributed by atoms with Gasteiger partial charge in [0, 0.05) is 16.0 Å². The van der Waals surface area contributed by atoms with Crippen molar-refractivity contribution in [1.82, 2.24) is 10.3 Å². The lowest BCUT2D eigenvalue weighted by Gasteiger charge is -2.19. The zero-order valence-electron chi connectivity index (χ0n) is 18.2. The first kappa shape index (κ1) is 21.1. The van der Waals surface area contributed by atoms with Crippen LogP contribution in [-0.2, 0) is 0 Å². The van der Waals surface area contributed by atoms with E-state index in [2.05, 4.69) is 11.4 Å². The molecule has 31 heavy (non-hydrogen) atoms. The molecule has 0 radical (unpaired) electrons. The molecule has 1 N–H and O–H groups in total. The van der Waals surface area contributed by atoms with Gasteiger partial charge in [0.15, 0.2) is 0 Å². The lowest BCUT2D eigenvalue weighted by atomic mass is 9.94. The summed E-state index contributed by atoms with van der Waals surface area (Å²) in [5.74, 6) is -0.102. The Labute approximate surface area is 188 Å². The summed E-state index contributed by atoms with van der Waals surface area (Å²) in [6, 6.07) is 21.6. The highest BCUT2D eigenvalue weighted by molar-refractivity contribution is 6.30. The minimum absolute atomic E-state index is 0.102. The third kappa shape index (κ3) is 4.19. The number of nitrogens with one attached hydrogen (secondary N) is 1. The number of carbonyl (C=O) groups excluding carboxylic acids is 1. The Kier molecular flexibility index (Phi) is 5.79.